The van der Waals surface area contributed by atoms with Crippen molar-refractivity contribution in [2.75, 3.05) is 7.11 Å². The summed E-state index contributed by atoms with van der Waals surface area (Å²) in [5.41, 5.74) is 8.69. The molecule has 0 aliphatic heterocycles. The molecule has 3 heteroatoms. The van der Waals surface area contributed by atoms with Crippen LogP contribution >= 0.6 is 15.9 Å². The highest BCUT2D eigenvalue weighted by atomic mass is 79.9. The van der Waals surface area contributed by atoms with Crippen LogP contribution in [0.25, 0.3) is 0 Å². The van der Waals surface area contributed by atoms with E-state index in [4.69, 9.17) is 10.5 Å². The Bertz CT molecular complexity index is 399. The van der Waals surface area contributed by atoms with Gasteiger partial charge in [-0.1, -0.05) is 13.0 Å². The minimum absolute atomic E-state index is 0.168. The highest BCUT2D eigenvalue weighted by Gasteiger charge is 2.37. The number of ether oxygens (including phenoxy) is 1. The zero-order chi connectivity index (χ0) is 11.8. The van der Waals surface area contributed by atoms with Gasteiger partial charge >= 0.3 is 0 Å². The number of halogens is 1. The molecule has 1 aromatic carbocycles. The molecule has 0 unspecified atom stereocenters. The summed E-state index contributed by atoms with van der Waals surface area (Å²) in [7, 11) is 1.71. The summed E-state index contributed by atoms with van der Waals surface area (Å²) in [6, 6.07) is 4.31. The van der Waals surface area contributed by atoms with Gasteiger partial charge in [0.1, 0.15) is 5.75 Å². The van der Waals surface area contributed by atoms with E-state index >= 15 is 0 Å². The summed E-state index contributed by atoms with van der Waals surface area (Å²) in [5, 5.41) is 0. The Balaban J connectivity index is 2.52. The summed E-state index contributed by atoms with van der Waals surface area (Å²) in [4.78, 5) is 0. The molecule has 1 aliphatic rings. The Morgan fingerprint density at radius 2 is 2.12 bits per heavy atom. The average molecular weight is 284 g/mol. The third-order valence-corrected chi connectivity index (χ3v) is 4.09. The molecule has 1 fully saturated rings. The van der Waals surface area contributed by atoms with E-state index in [1.807, 2.05) is 0 Å². The Labute approximate surface area is 105 Å². The Morgan fingerprint density at radius 1 is 1.44 bits per heavy atom. The van der Waals surface area contributed by atoms with Crippen molar-refractivity contribution in [3.8, 4) is 5.75 Å². The van der Waals surface area contributed by atoms with Gasteiger partial charge in [-0.25, -0.2) is 0 Å². The zero-order valence-corrected chi connectivity index (χ0v) is 11.4. The van der Waals surface area contributed by atoms with Crippen molar-refractivity contribution in [3.63, 3.8) is 0 Å². The van der Waals surface area contributed by atoms with Gasteiger partial charge in [0.15, 0.2) is 0 Å². The topological polar surface area (TPSA) is 35.2 Å². The third-order valence-electron chi connectivity index (χ3n) is 3.50. The number of benzene rings is 1. The molecule has 1 aliphatic carbocycles. The number of nitrogens with two attached hydrogens (primary N) is 1. The highest BCUT2D eigenvalue weighted by Crippen LogP contribution is 2.45. The summed E-state index contributed by atoms with van der Waals surface area (Å²) in [5.74, 6) is 0.902. The molecule has 2 N–H and O–H groups in total. The van der Waals surface area contributed by atoms with E-state index in [1.165, 1.54) is 12.0 Å². The molecule has 1 saturated carbocycles. The van der Waals surface area contributed by atoms with Crippen LogP contribution in [0.3, 0.4) is 0 Å². The fourth-order valence-electron chi connectivity index (χ4n) is 2.26. The molecule has 0 amide bonds. The molecule has 0 radical (unpaired) electrons. The number of aryl methyl sites for hydroxylation is 1. The summed E-state index contributed by atoms with van der Waals surface area (Å²) >= 11 is 3.56. The Hall–Kier alpha value is -0.540. The number of hydrogen-bond acceptors (Lipinski definition) is 2. The third kappa shape index (κ3) is 1.87. The van der Waals surface area contributed by atoms with E-state index in [0.29, 0.717) is 0 Å². The zero-order valence-electron chi connectivity index (χ0n) is 9.85. The predicted octanol–water partition coefficient (Wildman–Crippen LogP) is 3.36. The standard InChI is InChI=1S/C13H18BrNO/c1-3-9-7-10(13(15)5-4-6-13)12(16-2)11(14)8-9/h7-8H,3-6,15H2,1-2H3. The minimum Gasteiger partial charge on any atom is -0.495 e. The van der Waals surface area contributed by atoms with E-state index in [-0.39, 0.29) is 5.54 Å². The fraction of sp³-hybridized carbons (Fsp3) is 0.538. The van der Waals surface area contributed by atoms with Crippen LogP contribution in [0.5, 0.6) is 5.75 Å². The lowest BCUT2D eigenvalue weighted by Crippen LogP contribution is -2.43. The van der Waals surface area contributed by atoms with Gasteiger partial charge in [0.25, 0.3) is 0 Å². The van der Waals surface area contributed by atoms with Crippen LogP contribution in [0.15, 0.2) is 16.6 Å². The lowest BCUT2D eigenvalue weighted by Gasteiger charge is -2.39. The Kier molecular flexibility index (Phi) is 3.27. The van der Waals surface area contributed by atoms with Gasteiger partial charge in [-0.15, -0.1) is 0 Å². The SMILES string of the molecule is CCc1cc(Br)c(OC)c(C2(N)CCC2)c1. The van der Waals surface area contributed by atoms with Gasteiger partial charge in [0.2, 0.25) is 0 Å². The molecule has 0 aromatic heterocycles. The largest absolute Gasteiger partial charge is 0.495 e. The second-order valence-corrected chi connectivity index (χ2v) is 5.38. The van der Waals surface area contributed by atoms with Crippen LogP contribution in [-0.2, 0) is 12.0 Å². The summed E-state index contributed by atoms with van der Waals surface area (Å²) < 4.78 is 6.49. The first-order valence-electron chi connectivity index (χ1n) is 5.76. The van der Waals surface area contributed by atoms with Crippen molar-refractivity contribution in [2.45, 2.75) is 38.1 Å². The highest BCUT2D eigenvalue weighted by molar-refractivity contribution is 9.10. The lowest BCUT2D eigenvalue weighted by atomic mass is 9.72. The minimum atomic E-state index is -0.168. The molecule has 16 heavy (non-hydrogen) atoms. The molecule has 88 valence electrons. The predicted molar refractivity (Wildman–Crippen MR) is 69.8 cm³/mol. The smallest absolute Gasteiger partial charge is 0.138 e. The molecular weight excluding hydrogens is 266 g/mol. The maximum Gasteiger partial charge on any atom is 0.138 e. The van der Waals surface area contributed by atoms with E-state index in [0.717, 1.165) is 35.0 Å². The van der Waals surface area contributed by atoms with Crippen molar-refractivity contribution in [3.05, 3.63) is 27.7 Å². The van der Waals surface area contributed by atoms with Crippen LogP contribution in [0.2, 0.25) is 0 Å². The van der Waals surface area contributed by atoms with Gasteiger partial charge in [-0.3, -0.25) is 0 Å². The van der Waals surface area contributed by atoms with Crippen LogP contribution < -0.4 is 10.5 Å². The maximum atomic E-state index is 6.39. The average Bonchev–Trinajstić information content (AvgIpc) is 2.24. The second-order valence-electron chi connectivity index (χ2n) is 4.52. The molecule has 0 bridgehead atoms. The maximum absolute atomic E-state index is 6.39. The van der Waals surface area contributed by atoms with E-state index in [1.54, 1.807) is 7.11 Å². The van der Waals surface area contributed by atoms with E-state index in [9.17, 15) is 0 Å². The van der Waals surface area contributed by atoms with Crippen molar-refractivity contribution in [1.82, 2.24) is 0 Å². The van der Waals surface area contributed by atoms with Crippen molar-refractivity contribution >= 4 is 15.9 Å². The molecule has 2 nitrogen and oxygen atoms in total. The van der Waals surface area contributed by atoms with Gasteiger partial charge in [-0.05, 0) is 53.2 Å². The van der Waals surface area contributed by atoms with E-state index < -0.39 is 0 Å². The van der Waals surface area contributed by atoms with Crippen LogP contribution in [0.4, 0.5) is 0 Å². The summed E-state index contributed by atoms with van der Waals surface area (Å²) in [6.45, 7) is 2.15. The van der Waals surface area contributed by atoms with Crippen molar-refractivity contribution in [2.24, 2.45) is 5.73 Å². The van der Waals surface area contributed by atoms with Crippen molar-refractivity contribution in [1.29, 1.82) is 0 Å². The molecule has 0 spiro atoms. The number of hydrogen-bond donors (Lipinski definition) is 1. The van der Waals surface area contributed by atoms with Crippen LogP contribution in [0, 0.1) is 0 Å². The van der Waals surface area contributed by atoms with Gasteiger partial charge in [-0.2, -0.15) is 0 Å². The first-order valence-corrected chi connectivity index (χ1v) is 6.56. The summed E-state index contributed by atoms with van der Waals surface area (Å²) in [6.07, 6.45) is 4.35. The molecular formula is C13H18BrNO. The molecule has 0 saturated heterocycles. The van der Waals surface area contributed by atoms with Crippen LogP contribution in [0.1, 0.15) is 37.3 Å². The second kappa shape index (κ2) is 4.38. The van der Waals surface area contributed by atoms with Gasteiger partial charge < -0.3 is 10.5 Å². The van der Waals surface area contributed by atoms with Gasteiger partial charge in [0, 0.05) is 11.1 Å². The van der Waals surface area contributed by atoms with Gasteiger partial charge in [0.05, 0.1) is 11.6 Å². The van der Waals surface area contributed by atoms with Crippen molar-refractivity contribution < 1.29 is 4.74 Å². The molecule has 0 atom stereocenters. The Morgan fingerprint density at radius 3 is 2.56 bits per heavy atom. The number of methoxy groups -OCH3 is 1. The monoisotopic (exact) mass is 283 g/mol. The normalized spacial score (nSPS) is 18.0. The molecule has 2 rings (SSSR count). The quantitative estimate of drug-likeness (QED) is 0.923. The number of rotatable bonds is 3. The lowest BCUT2D eigenvalue weighted by molar-refractivity contribution is 0.243. The van der Waals surface area contributed by atoms with E-state index in [2.05, 4.69) is 35.0 Å². The molecule has 0 heterocycles. The first-order chi connectivity index (χ1) is 7.60. The fourth-order valence-corrected chi connectivity index (χ4v) is 2.93. The first kappa shape index (κ1) is 11.9. The molecule has 1 aromatic rings. The van der Waals surface area contributed by atoms with Crippen LogP contribution in [-0.4, -0.2) is 7.11 Å².